The molecule has 0 rings (SSSR count). The molecule has 0 spiro atoms. The fourth-order valence-corrected chi connectivity index (χ4v) is 12.7. The Hall–Kier alpha value is -1.94. The zero-order valence-corrected chi connectivity index (χ0v) is 61.6. The number of esters is 4. The fraction of sp³-hybridized carbons (Fsp3) is 0.945. The van der Waals surface area contributed by atoms with Crippen molar-refractivity contribution in [3.63, 3.8) is 0 Å². The van der Waals surface area contributed by atoms with Crippen LogP contribution in [0.4, 0.5) is 0 Å². The van der Waals surface area contributed by atoms with Gasteiger partial charge in [-0.3, -0.25) is 37.3 Å². The Kier molecular flexibility index (Phi) is 63.7. The number of carbonyl (C=O) groups is 4. The van der Waals surface area contributed by atoms with Crippen LogP contribution in [0.15, 0.2) is 0 Å². The summed E-state index contributed by atoms with van der Waals surface area (Å²) in [5.41, 5.74) is 0. The summed E-state index contributed by atoms with van der Waals surface area (Å²) >= 11 is 0. The monoisotopic (exact) mass is 1350 g/mol. The second kappa shape index (κ2) is 65.0. The summed E-state index contributed by atoms with van der Waals surface area (Å²) < 4.78 is 68.3. The molecule has 19 heteroatoms. The SMILES string of the molecule is CCCCCCCCCCCCCCC(=O)OC[C@H](COP(=O)(O)OC[C@@H](O)COP(=O)(O)OC[C@@H](COC(=O)CCCCCCCCCCC)OC(=O)CCCCCCCCC(C)C)OC(=O)CCCCCCCCCCCCCCCCCCCCC(C)CC. The van der Waals surface area contributed by atoms with Crippen LogP contribution in [-0.4, -0.2) is 96.7 Å². The maximum absolute atomic E-state index is 13.0. The Bertz CT molecular complexity index is 1790. The standard InChI is InChI=1S/C73H142O17P2/c1-7-10-12-14-16-18-19-29-33-37-44-50-56-71(76)84-61-68(89-72(77)57-51-45-38-34-30-27-25-23-21-20-22-24-26-28-32-35-42-48-54-66(6)9-3)63-87-91(79,80)85-59-67(74)60-86-92(81,82)88-64-69(90-73(78)58-52-46-40-39-41-47-53-65(4)5)62-83-70(75)55-49-43-36-31-17-15-13-11-8-2/h65-69,74H,7-64H2,1-6H3,(H,79,80)(H,81,82)/t66?,67-,68-,69-/m1/s1. The number of ether oxygens (including phenoxy) is 4. The lowest BCUT2D eigenvalue weighted by Gasteiger charge is -2.21. The van der Waals surface area contributed by atoms with Gasteiger partial charge in [0.2, 0.25) is 0 Å². The molecular formula is C73H142O17P2. The lowest BCUT2D eigenvalue weighted by atomic mass is 9.99. The molecule has 0 aromatic heterocycles. The number of phosphoric ester groups is 2. The van der Waals surface area contributed by atoms with Crippen molar-refractivity contribution >= 4 is 39.5 Å². The molecule has 0 aromatic carbocycles. The van der Waals surface area contributed by atoms with E-state index in [1.807, 2.05) is 0 Å². The van der Waals surface area contributed by atoms with Gasteiger partial charge < -0.3 is 33.8 Å². The highest BCUT2D eigenvalue weighted by Gasteiger charge is 2.30. The van der Waals surface area contributed by atoms with Crippen LogP contribution in [0.5, 0.6) is 0 Å². The molecule has 3 unspecified atom stereocenters. The van der Waals surface area contributed by atoms with Gasteiger partial charge in [0.05, 0.1) is 26.4 Å². The third-order valence-electron chi connectivity index (χ3n) is 17.3. The van der Waals surface area contributed by atoms with E-state index in [1.165, 1.54) is 193 Å². The smallest absolute Gasteiger partial charge is 0.462 e. The Morgan fingerprint density at radius 1 is 0.315 bits per heavy atom. The van der Waals surface area contributed by atoms with Crippen LogP contribution in [0.25, 0.3) is 0 Å². The van der Waals surface area contributed by atoms with E-state index >= 15 is 0 Å². The van der Waals surface area contributed by atoms with Crippen molar-refractivity contribution in [2.75, 3.05) is 39.6 Å². The number of hydrogen-bond acceptors (Lipinski definition) is 15. The minimum absolute atomic E-state index is 0.102. The molecule has 0 aliphatic carbocycles. The van der Waals surface area contributed by atoms with Crippen molar-refractivity contribution in [3.05, 3.63) is 0 Å². The van der Waals surface area contributed by atoms with Gasteiger partial charge >= 0.3 is 39.5 Å². The number of rotatable bonds is 72. The average Bonchev–Trinajstić information content (AvgIpc) is 1.87. The van der Waals surface area contributed by atoms with Crippen LogP contribution in [0.3, 0.4) is 0 Å². The van der Waals surface area contributed by atoms with E-state index in [1.54, 1.807) is 0 Å². The quantitative estimate of drug-likeness (QED) is 0.0222. The highest BCUT2D eigenvalue weighted by molar-refractivity contribution is 7.47. The molecule has 0 saturated heterocycles. The molecule has 0 fully saturated rings. The highest BCUT2D eigenvalue weighted by atomic mass is 31.2. The van der Waals surface area contributed by atoms with Gasteiger partial charge in [-0.05, 0) is 37.5 Å². The minimum Gasteiger partial charge on any atom is -0.462 e. The second-order valence-corrected chi connectivity index (χ2v) is 30.0. The molecule has 0 heterocycles. The first-order chi connectivity index (χ1) is 44.4. The summed E-state index contributed by atoms with van der Waals surface area (Å²) in [6, 6.07) is 0. The second-order valence-electron chi connectivity index (χ2n) is 27.1. The molecule has 0 saturated carbocycles. The maximum atomic E-state index is 13.0. The van der Waals surface area contributed by atoms with Crippen molar-refractivity contribution < 1.29 is 80.2 Å². The molecule has 0 aliphatic rings. The van der Waals surface area contributed by atoms with E-state index < -0.39 is 97.5 Å². The number of unbranched alkanes of at least 4 members (excludes halogenated alkanes) is 41. The van der Waals surface area contributed by atoms with Crippen LogP contribution in [0.2, 0.25) is 0 Å². The van der Waals surface area contributed by atoms with Gasteiger partial charge in [-0.2, -0.15) is 0 Å². The molecule has 3 N–H and O–H groups in total. The first-order valence-electron chi connectivity index (χ1n) is 38.0. The first-order valence-corrected chi connectivity index (χ1v) is 41.0. The average molecular weight is 1350 g/mol. The van der Waals surface area contributed by atoms with Crippen LogP contribution in [0.1, 0.15) is 375 Å². The largest absolute Gasteiger partial charge is 0.472 e. The van der Waals surface area contributed by atoms with Gasteiger partial charge in [-0.25, -0.2) is 9.13 Å². The lowest BCUT2D eigenvalue weighted by molar-refractivity contribution is -0.161. The summed E-state index contributed by atoms with van der Waals surface area (Å²) in [7, 11) is -9.90. The van der Waals surface area contributed by atoms with Gasteiger partial charge in [0.1, 0.15) is 19.3 Å². The number of aliphatic hydroxyl groups is 1. The van der Waals surface area contributed by atoms with Gasteiger partial charge in [0, 0.05) is 25.7 Å². The van der Waals surface area contributed by atoms with Crippen LogP contribution < -0.4 is 0 Å². The van der Waals surface area contributed by atoms with Crippen molar-refractivity contribution in [2.24, 2.45) is 11.8 Å². The number of hydrogen-bond donors (Lipinski definition) is 3. The van der Waals surface area contributed by atoms with Gasteiger partial charge in [0.25, 0.3) is 0 Å². The molecule has 0 radical (unpaired) electrons. The third-order valence-corrected chi connectivity index (χ3v) is 19.2. The third kappa shape index (κ3) is 65.4. The molecule has 92 heavy (non-hydrogen) atoms. The Morgan fingerprint density at radius 3 is 0.826 bits per heavy atom. The normalized spacial score (nSPS) is 14.4. The van der Waals surface area contributed by atoms with E-state index in [9.17, 15) is 43.2 Å². The van der Waals surface area contributed by atoms with Crippen molar-refractivity contribution in [1.29, 1.82) is 0 Å². The Balaban J connectivity index is 5.14. The van der Waals surface area contributed by atoms with Crippen molar-refractivity contribution in [3.8, 4) is 0 Å². The summed E-state index contributed by atoms with van der Waals surface area (Å²) in [6.45, 7) is 9.52. The summed E-state index contributed by atoms with van der Waals surface area (Å²) in [5.74, 6) is -0.585. The lowest BCUT2D eigenvalue weighted by Crippen LogP contribution is -2.30. The van der Waals surface area contributed by atoms with Gasteiger partial charge in [-0.1, -0.05) is 324 Å². The molecule has 17 nitrogen and oxygen atoms in total. The molecule has 0 amide bonds. The fourth-order valence-electron chi connectivity index (χ4n) is 11.1. The number of phosphoric acid groups is 2. The van der Waals surface area contributed by atoms with Crippen molar-refractivity contribution in [2.45, 2.75) is 394 Å². The zero-order valence-electron chi connectivity index (χ0n) is 59.9. The molecule has 6 atom stereocenters. The van der Waals surface area contributed by atoms with E-state index in [0.29, 0.717) is 31.6 Å². The van der Waals surface area contributed by atoms with Gasteiger partial charge in [-0.15, -0.1) is 0 Å². The zero-order chi connectivity index (χ0) is 67.9. The minimum atomic E-state index is -4.95. The molecule has 0 aromatic rings. The van der Waals surface area contributed by atoms with E-state index in [4.69, 9.17) is 37.0 Å². The van der Waals surface area contributed by atoms with Gasteiger partial charge in [0.15, 0.2) is 12.2 Å². The van der Waals surface area contributed by atoms with E-state index in [-0.39, 0.29) is 25.7 Å². The summed E-state index contributed by atoms with van der Waals surface area (Å²) in [4.78, 5) is 72.5. The number of aliphatic hydroxyl groups excluding tert-OH is 1. The Morgan fingerprint density at radius 2 is 0.554 bits per heavy atom. The van der Waals surface area contributed by atoms with Crippen LogP contribution >= 0.6 is 15.6 Å². The number of carbonyl (C=O) groups excluding carboxylic acids is 4. The summed E-state index contributed by atoms with van der Waals surface area (Å²) in [6.07, 6.45) is 51.6. The van der Waals surface area contributed by atoms with E-state index in [0.717, 1.165) is 95.8 Å². The van der Waals surface area contributed by atoms with Crippen LogP contribution in [0, 0.1) is 11.8 Å². The predicted octanol–water partition coefficient (Wildman–Crippen LogP) is 21.2. The molecular weight excluding hydrogens is 1210 g/mol. The molecule has 546 valence electrons. The Labute approximate surface area is 562 Å². The van der Waals surface area contributed by atoms with Crippen LogP contribution in [-0.2, 0) is 65.4 Å². The highest BCUT2D eigenvalue weighted by Crippen LogP contribution is 2.45. The predicted molar refractivity (Wildman–Crippen MR) is 372 cm³/mol. The maximum Gasteiger partial charge on any atom is 0.472 e. The van der Waals surface area contributed by atoms with E-state index in [2.05, 4.69) is 41.5 Å². The topological polar surface area (TPSA) is 237 Å². The van der Waals surface area contributed by atoms with Crippen molar-refractivity contribution in [1.82, 2.24) is 0 Å². The first kappa shape index (κ1) is 90.1. The molecule has 0 bridgehead atoms. The molecule has 0 aliphatic heterocycles. The summed E-state index contributed by atoms with van der Waals surface area (Å²) in [5, 5.41) is 10.6.